The molecule has 0 bridgehead atoms. The summed E-state index contributed by atoms with van der Waals surface area (Å²) in [6.45, 7) is 0. The number of pyridine rings is 1. The lowest BCUT2D eigenvalue weighted by molar-refractivity contribution is -0.385. The van der Waals surface area contributed by atoms with E-state index in [0.29, 0.717) is 9.08 Å². The lowest BCUT2D eigenvalue weighted by Gasteiger charge is -2.05. The third-order valence-corrected chi connectivity index (χ3v) is 2.96. The summed E-state index contributed by atoms with van der Waals surface area (Å²) >= 11 is 6.38. The number of hydrogen-bond donors (Lipinski definition) is 0. The van der Waals surface area contributed by atoms with Gasteiger partial charge in [-0.25, -0.2) is 4.98 Å². The summed E-state index contributed by atoms with van der Waals surface area (Å²) in [5, 5.41) is 10.9. The Morgan fingerprint density at radius 3 is 2.67 bits per heavy atom. The molecular formula is C11H6Br2N2O3. The van der Waals surface area contributed by atoms with Gasteiger partial charge in [0.1, 0.15) is 4.60 Å². The van der Waals surface area contributed by atoms with Crippen molar-refractivity contribution in [3.05, 3.63) is 55.6 Å². The molecule has 1 aromatic carbocycles. The van der Waals surface area contributed by atoms with Gasteiger partial charge >= 0.3 is 5.69 Å². The third kappa shape index (κ3) is 3.05. The average Bonchev–Trinajstić information content (AvgIpc) is 2.31. The average molecular weight is 374 g/mol. The Hall–Kier alpha value is -1.47. The molecule has 0 unspecified atom stereocenters. The maximum atomic E-state index is 10.9. The fourth-order valence-electron chi connectivity index (χ4n) is 1.28. The molecule has 2 rings (SSSR count). The van der Waals surface area contributed by atoms with Gasteiger partial charge in [-0.1, -0.05) is 22.0 Å². The normalized spacial score (nSPS) is 10.1. The molecule has 0 amide bonds. The van der Waals surface area contributed by atoms with Crippen LogP contribution in [0.3, 0.4) is 0 Å². The molecule has 0 radical (unpaired) electrons. The molecule has 18 heavy (non-hydrogen) atoms. The predicted octanol–water partition coefficient (Wildman–Crippen LogP) is 4.31. The number of hydrogen-bond acceptors (Lipinski definition) is 4. The van der Waals surface area contributed by atoms with E-state index >= 15 is 0 Å². The number of rotatable bonds is 3. The van der Waals surface area contributed by atoms with Crippen LogP contribution < -0.4 is 4.74 Å². The first-order valence-corrected chi connectivity index (χ1v) is 6.39. The van der Waals surface area contributed by atoms with Crippen LogP contribution in [0.25, 0.3) is 0 Å². The van der Waals surface area contributed by atoms with Crippen molar-refractivity contribution >= 4 is 37.5 Å². The molecule has 0 fully saturated rings. The van der Waals surface area contributed by atoms with Gasteiger partial charge in [-0.2, -0.15) is 0 Å². The molecule has 0 saturated heterocycles. The molecule has 0 saturated carbocycles. The Bertz CT molecular complexity index is 605. The Morgan fingerprint density at radius 1 is 1.22 bits per heavy atom. The van der Waals surface area contributed by atoms with Crippen LogP contribution in [0.1, 0.15) is 0 Å². The predicted molar refractivity (Wildman–Crippen MR) is 72.8 cm³/mol. The van der Waals surface area contributed by atoms with Crippen molar-refractivity contribution in [2.75, 3.05) is 0 Å². The molecule has 1 aromatic heterocycles. The van der Waals surface area contributed by atoms with Gasteiger partial charge in [0, 0.05) is 16.6 Å². The summed E-state index contributed by atoms with van der Waals surface area (Å²) in [4.78, 5) is 14.5. The van der Waals surface area contributed by atoms with Gasteiger partial charge in [-0.15, -0.1) is 0 Å². The van der Waals surface area contributed by atoms with Crippen LogP contribution in [-0.2, 0) is 0 Å². The molecule has 5 nitrogen and oxygen atoms in total. The van der Waals surface area contributed by atoms with E-state index in [0.717, 1.165) is 0 Å². The smallest absolute Gasteiger partial charge is 0.312 e. The largest absolute Gasteiger partial charge is 0.432 e. The minimum absolute atomic E-state index is 0.119. The zero-order valence-corrected chi connectivity index (χ0v) is 12.0. The first-order valence-electron chi connectivity index (χ1n) is 4.80. The van der Waals surface area contributed by atoms with Gasteiger partial charge < -0.3 is 4.74 Å². The summed E-state index contributed by atoms with van der Waals surface area (Å²) in [6.07, 6.45) is 0. The Kier molecular flexibility index (Phi) is 3.93. The first kappa shape index (κ1) is 13.0. The molecule has 0 aliphatic rings. The highest BCUT2D eigenvalue weighted by molar-refractivity contribution is 9.10. The van der Waals surface area contributed by atoms with Crippen molar-refractivity contribution in [2.24, 2.45) is 0 Å². The summed E-state index contributed by atoms with van der Waals surface area (Å²) in [5.41, 5.74) is -0.119. The second kappa shape index (κ2) is 5.45. The van der Waals surface area contributed by atoms with Crippen molar-refractivity contribution in [2.45, 2.75) is 0 Å². The number of nitro groups is 1. The summed E-state index contributed by atoms with van der Waals surface area (Å²) in [7, 11) is 0. The van der Waals surface area contributed by atoms with Gasteiger partial charge in [-0.05, 0) is 34.1 Å². The van der Waals surface area contributed by atoms with Crippen molar-refractivity contribution in [1.29, 1.82) is 0 Å². The molecule has 0 atom stereocenters. The monoisotopic (exact) mass is 372 g/mol. The van der Waals surface area contributed by atoms with Crippen LogP contribution in [0.5, 0.6) is 11.6 Å². The molecule has 2 aromatic rings. The second-order valence-electron chi connectivity index (χ2n) is 3.27. The van der Waals surface area contributed by atoms with E-state index < -0.39 is 4.92 Å². The third-order valence-electron chi connectivity index (χ3n) is 2.02. The second-order valence-corrected chi connectivity index (χ2v) is 5.00. The number of nitro benzene ring substituents is 1. The minimum Gasteiger partial charge on any atom is -0.432 e. The van der Waals surface area contributed by atoms with Gasteiger partial charge in [-0.3, -0.25) is 10.1 Å². The Morgan fingerprint density at radius 2 is 2.00 bits per heavy atom. The lowest BCUT2D eigenvalue weighted by Crippen LogP contribution is -1.94. The Balaban J connectivity index is 2.37. The summed E-state index contributed by atoms with van der Waals surface area (Å²) in [5.74, 6) is 0.434. The summed E-state index contributed by atoms with van der Waals surface area (Å²) < 4.78 is 6.61. The van der Waals surface area contributed by atoms with E-state index in [4.69, 9.17) is 4.74 Å². The van der Waals surface area contributed by atoms with Gasteiger partial charge in [0.15, 0.2) is 0 Å². The fraction of sp³-hybridized carbons (Fsp3) is 0. The van der Waals surface area contributed by atoms with Gasteiger partial charge in [0.05, 0.1) is 4.92 Å². The van der Waals surface area contributed by atoms with Crippen LogP contribution in [0.2, 0.25) is 0 Å². The van der Waals surface area contributed by atoms with E-state index in [1.807, 2.05) is 0 Å². The molecule has 0 N–H and O–H groups in total. The van der Waals surface area contributed by atoms with Crippen molar-refractivity contribution in [1.82, 2.24) is 4.98 Å². The molecule has 7 heteroatoms. The minimum atomic E-state index is -0.502. The maximum absolute atomic E-state index is 10.9. The van der Waals surface area contributed by atoms with Crippen LogP contribution in [-0.4, -0.2) is 9.91 Å². The zero-order chi connectivity index (χ0) is 13.1. The van der Waals surface area contributed by atoms with E-state index in [1.54, 1.807) is 24.3 Å². The highest BCUT2D eigenvalue weighted by atomic mass is 79.9. The van der Waals surface area contributed by atoms with E-state index in [-0.39, 0.29) is 17.3 Å². The van der Waals surface area contributed by atoms with Crippen LogP contribution in [0, 0.1) is 10.1 Å². The Labute approximate surface area is 119 Å². The quantitative estimate of drug-likeness (QED) is 0.457. The number of halogens is 2. The molecule has 0 aliphatic heterocycles. The SMILES string of the molecule is O=[N+]([O-])c1cc(Br)ccc1Oc1cccc(Br)n1. The first-order chi connectivity index (χ1) is 8.56. The standard InChI is InChI=1S/C11H6Br2N2O3/c12-7-4-5-9(8(6-7)15(16)17)18-11-3-1-2-10(13)14-11/h1-6H. The van der Waals surface area contributed by atoms with Crippen LogP contribution in [0.4, 0.5) is 5.69 Å². The molecule has 1 heterocycles. The molecule has 92 valence electrons. The lowest BCUT2D eigenvalue weighted by atomic mass is 10.3. The fourth-order valence-corrected chi connectivity index (χ4v) is 1.96. The van der Waals surface area contributed by atoms with Crippen molar-refractivity contribution in [3.63, 3.8) is 0 Å². The number of nitrogens with zero attached hydrogens (tertiary/aromatic N) is 2. The molecular weight excluding hydrogens is 368 g/mol. The highest BCUT2D eigenvalue weighted by Crippen LogP contribution is 2.33. The highest BCUT2D eigenvalue weighted by Gasteiger charge is 2.16. The number of ether oxygens (including phenoxy) is 1. The van der Waals surface area contributed by atoms with Crippen LogP contribution in [0.15, 0.2) is 45.5 Å². The van der Waals surface area contributed by atoms with Gasteiger partial charge in [0.25, 0.3) is 0 Å². The number of benzene rings is 1. The van der Waals surface area contributed by atoms with Crippen molar-refractivity contribution < 1.29 is 9.66 Å². The molecule has 0 spiro atoms. The van der Waals surface area contributed by atoms with Crippen molar-refractivity contribution in [3.8, 4) is 11.6 Å². The zero-order valence-electron chi connectivity index (χ0n) is 8.84. The van der Waals surface area contributed by atoms with Gasteiger partial charge in [0.2, 0.25) is 11.6 Å². The maximum Gasteiger partial charge on any atom is 0.312 e. The van der Waals surface area contributed by atoms with E-state index in [1.165, 1.54) is 12.1 Å². The molecule has 0 aliphatic carbocycles. The van der Waals surface area contributed by atoms with Crippen LogP contribution >= 0.6 is 31.9 Å². The summed E-state index contributed by atoms with van der Waals surface area (Å²) in [6, 6.07) is 9.66. The van der Waals surface area contributed by atoms with E-state index in [9.17, 15) is 10.1 Å². The van der Waals surface area contributed by atoms with E-state index in [2.05, 4.69) is 36.8 Å². The number of aromatic nitrogens is 1. The topological polar surface area (TPSA) is 65.3 Å².